The average Bonchev–Trinajstić information content (AvgIpc) is 3.23. The highest BCUT2D eigenvalue weighted by Crippen LogP contribution is 2.64. The van der Waals surface area contributed by atoms with Crippen LogP contribution in [0.4, 0.5) is 0 Å². The molecule has 0 aromatic carbocycles. The molecule has 4 fully saturated rings. The van der Waals surface area contributed by atoms with Crippen LogP contribution in [0, 0.1) is 46.8 Å². The number of aromatic nitrogens is 3. The van der Waals surface area contributed by atoms with Crippen molar-refractivity contribution in [2.75, 3.05) is 0 Å². The Morgan fingerprint density at radius 2 is 1.89 bits per heavy atom. The fourth-order valence-electron chi connectivity index (χ4n) is 8.16. The van der Waals surface area contributed by atoms with Gasteiger partial charge in [-0.3, -0.25) is 4.79 Å². The van der Waals surface area contributed by atoms with Crippen LogP contribution in [-0.4, -0.2) is 20.8 Å². The molecule has 0 spiro atoms. The smallest absolute Gasteiger partial charge is 0.188 e. The molecule has 5 rings (SSSR count). The maximum absolute atomic E-state index is 13.2. The highest BCUT2D eigenvalue weighted by molar-refractivity contribution is 5.96. The van der Waals surface area contributed by atoms with E-state index in [-0.39, 0.29) is 17.1 Å². The van der Waals surface area contributed by atoms with Gasteiger partial charge in [0, 0.05) is 13.0 Å². The summed E-state index contributed by atoms with van der Waals surface area (Å²) in [5.74, 6) is 5.91. The van der Waals surface area contributed by atoms with Gasteiger partial charge in [0.05, 0.1) is 6.20 Å². The number of Topliss-reactive ketones (excluding diaryl/α,β-unsaturated/α-hetero) is 1. The fourth-order valence-corrected chi connectivity index (χ4v) is 8.16. The highest BCUT2D eigenvalue weighted by Gasteiger charge is 2.58. The molecule has 0 bridgehead atoms. The third-order valence-corrected chi connectivity index (χ3v) is 9.39. The summed E-state index contributed by atoms with van der Waals surface area (Å²) in [7, 11) is 1.80. The van der Waals surface area contributed by atoms with Crippen molar-refractivity contribution in [3.05, 3.63) is 11.9 Å². The number of rotatable bonds is 2. The summed E-state index contributed by atoms with van der Waals surface area (Å²) in [5, 5.41) is 8.46. The zero-order valence-corrected chi connectivity index (χ0v) is 17.2. The monoisotopic (exact) mass is 369 g/mol. The molecule has 4 aliphatic rings. The van der Waals surface area contributed by atoms with Gasteiger partial charge in [-0.05, 0) is 92.3 Å². The van der Waals surface area contributed by atoms with Gasteiger partial charge >= 0.3 is 0 Å². The largest absolute Gasteiger partial charge is 0.292 e. The van der Waals surface area contributed by atoms with E-state index in [0.29, 0.717) is 5.69 Å². The molecule has 0 amide bonds. The van der Waals surface area contributed by atoms with Crippen LogP contribution < -0.4 is 0 Å². The zero-order chi connectivity index (χ0) is 18.8. The Hall–Kier alpha value is -1.19. The van der Waals surface area contributed by atoms with Crippen LogP contribution in [0.15, 0.2) is 6.20 Å². The summed E-state index contributed by atoms with van der Waals surface area (Å²) in [5.41, 5.74) is 0.765. The predicted octanol–water partition coefficient (Wildman–Crippen LogP) is 4.90. The standard InChI is InChI=1S/C23H35N3O/c1-14-4-6-16-15(12-14)5-7-18-17(16)10-11-23(2)19(18)8-9-20(23)22(27)21-13-24-26(3)25-21/h13-20H,4-12H2,1-3H3/t14-,15+,16-,17+,18+,19?,20+,23-/m0/s1. The molecule has 4 heteroatoms. The number of hydrogen-bond donors (Lipinski definition) is 0. The second-order valence-electron chi connectivity index (χ2n) is 10.6. The molecule has 8 atom stereocenters. The van der Waals surface area contributed by atoms with Gasteiger partial charge < -0.3 is 0 Å². The number of hydrogen-bond acceptors (Lipinski definition) is 3. The van der Waals surface area contributed by atoms with E-state index < -0.39 is 0 Å². The van der Waals surface area contributed by atoms with Crippen molar-refractivity contribution in [2.24, 2.45) is 53.9 Å². The molecule has 1 aromatic heterocycles. The SMILES string of the molecule is C[C@H]1CC[C@H]2[C@H](CC[C@H]3C4CC[C@H](C(=O)c5cnn(C)n5)[C@@]4(C)CC[C@H]23)C1. The Kier molecular flexibility index (Phi) is 4.25. The van der Waals surface area contributed by atoms with E-state index in [1.807, 2.05) is 0 Å². The Morgan fingerprint density at radius 3 is 2.67 bits per heavy atom. The zero-order valence-electron chi connectivity index (χ0n) is 17.2. The second kappa shape index (κ2) is 6.42. The molecule has 148 valence electrons. The Balaban J connectivity index is 1.37. The first-order valence-corrected chi connectivity index (χ1v) is 11.4. The topological polar surface area (TPSA) is 47.8 Å². The summed E-state index contributed by atoms with van der Waals surface area (Å²) in [4.78, 5) is 14.7. The van der Waals surface area contributed by atoms with Crippen molar-refractivity contribution >= 4 is 5.78 Å². The van der Waals surface area contributed by atoms with Crippen LogP contribution in [0.2, 0.25) is 0 Å². The molecule has 0 radical (unpaired) electrons. The maximum Gasteiger partial charge on any atom is 0.188 e. The lowest BCUT2D eigenvalue weighted by molar-refractivity contribution is -0.0634. The number of fused-ring (bicyclic) bond motifs is 5. The summed E-state index contributed by atoms with van der Waals surface area (Å²) >= 11 is 0. The van der Waals surface area contributed by atoms with Crippen molar-refractivity contribution < 1.29 is 4.79 Å². The molecule has 0 N–H and O–H groups in total. The third kappa shape index (κ3) is 2.73. The summed E-state index contributed by atoms with van der Waals surface area (Å²) < 4.78 is 0. The van der Waals surface area contributed by atoms with Crippen LogP contribution in [0.3, 0.4) is 0 Å². The molecule has 4 nitrogen and oxygen atoms in total. The Bertz CT molecular complexity index is 727. The molecule has 1 aromatic rings. The Labute approximate surface area is 163 Å². The van der Waals surface area contributed by atoms with Gasteiger partial charge in [-0.2, -0.15) is 15.0 Å². The van der Waals surface area contributed by atoms with Gasteiger partial charge in [0.1, 0.15) is 5.69 Å². The van der Waals surface area contributed by atoms with E-state index in [1.165, 1.54) is 56.2 Å². The summed E-state index contributed by atoms with van der Waals surface area (Å²) in [6.07, 6.45) is 13.8. The first-order chi connectivity index (χ1) is 13.0. The van der Waals surface area contributed by atoms with Crippen molar-refractivity contribution in [3.8, 4) is 0 Å². The Morgan fingerprint density at radius 1 is 1.07 bits per heavy atom. The minimum atomic E-state index is 0.157. The van der Waals surface area contributed by atoms with Crippen LogP contribution in [-0.2, 0) is 7.05 Å². The molecule has 1 heterocycles. The predicted molar refractivity (Wildman–Crippen MR) is 105 cm³/mol. The van der Waals surface area contributed by atoms with Gasteiger partial charge in [0.2, 0.25) is 0 Å². The molecular weight excluding hydrogens is 334 g/mol. The second-order valence-corrected chi connectivity index (χ2v) is 10.6. The first-order valence-electron chi connectivity index (χ1n) is 11.4. The summed E-state index contributed by atoms with van der Waals surface area (Å²) in [6.45, 7) is 4.90. The first kappa shape index (κ1) is 17.9. The van der Waals surface area contributed by atoms with Crippen molar-refractivity contribution in [2.45, 2.75) is 71.6 Å². The van der Waals surface area contributed by atoms with Gasteiger partial charge in [-0.25, -0.2) is 0 Å². The molecule has 4 saturated carbocycles. The van der Waals surface area contributed by atoms with Gasteiger partial charge in [0.25, 0.3) is 0 Å². The number of aryl methyl sites for hydroxylation is 1. The molecule has 1 unspecified atom stereocenters. The van der Waals surface area contributed by atoms with E-state index in [0.717, 1.165) is 41.9 Å². The van der Waals surface area contributed by atoms with E-state index in [4.69, 9.17) is 0 Å². The number of carbonyl (C=O) groups is 1. The number of carbonyl (C=O) groups excluding carboxylic acids is 1. The van der Waals surface area contributed by atoms with Crippen LogP contribution in [0.5, 0.6) is 0 Å². The van der Waals surface area contributed by atoms with Gasteiger partial charge in [0.15, 0.2) is 5.78 Å². The van der Waals surface area contributed by atoms with E-state index in [9.17, 15) is 4.79 Å². The number of ketones is 1. The van der Waals surface area contributed by atoms with Crippen LogP contribution in [0.25, 0.3) is 0 Å². The quantitative estimate of drug-likeness (QED) is 0.696. The normalized spacial score (nSPS) is 46.4. The summed E-state index contributed by atoms with van der Waals surface area (Å²) in [6, 6.07) is 0. The number of nitrogens with zero attached hydrogens (tertiary/aromatic N) is 3. The third-order valence-electron chi connectivity index (χ3n) is 9.39. The lowest BCUT2D eigenvalue weighted by atomic mass is 9.49. The molecular formula is C23H35N3O. The van der Waals surface area contributed by atoms with Crippen LogP contribution in [0.1, 0.15) is 82.1 Å². The lowest BCUT2D eigenvalue weighted by Gasteiger charge is -2.56. The lowest BCUT2D eigenvalue weighted by Crippen LogP contribution is -2.49. The highest BCUT2D eigenvalue weighted by atomic mass is 16.1. The van der Waals surface area contributed by atoms with E-state index in [1.54, 1.807) is 13.2 Å². The fraction of sp³-hybridized carbons (Fsp3) is 0.870. The van der Waals surface area contributed by atoms with Gasteiger partial charge in [-0.15, -0.1) is 0 Å². The van der Waals surface area contributed by atoms with Crippen molar-refractivity contribution in [1.29, 1.82) is 0 Å². The van der Waals surface area contributed by atoms with Gasteiger partial charge in [-0.1, -0.05) is 20.3 Å². The molecule has 27 heavy (non-hydrogen) atoms. The molecule has 0 saturated heterocycles. The van der Waals surface area contributed by atoms with Crippen LogP contribution >= 0.6 is 0 Å². The molecule has 4 aliphatic carbocycles. The average molecular weight is 370 g/mol. The van der Waals surface area contributed by atoms with E-state index in [2.05, 4.69) is 24.0 Å². The minimum absolute atomic E-state index is 0.157. The van der Waals surface area contributed by atoms with Crippen molar-refractivity contribution in [3.63, 3.8) is 0 Å². The molecule has 0 aliphatic heterocycles. The minimum Gasteiger partial charge on any atom is -0.292 e. The van der Waals surface area contributed by atoms with Crippen molar-refractivity contribution in [1.82, 2.24) is 15.0 Å². The maximum atomic E-state index is 13.2. The van der Waals surface area contributed by atoms with E-state index >= 15 is 0 Å².